The Bertz CT molecular complexity index is 716. The van der Waals surface area contributed by atoms with Crippen LogP contribution in [0.4, 0.5) is 0 Å². The third-order valence-corrected chi connectivity index (χ3v) is 5.20. The lowest BCUT2D eigenvalue weighted by atomic mass is 10.2. The standard InChI is InChI=1S/C18H21NO3S/c20-23(21,15-17-9-5-2-6-10-17)22-18-11-12-19(14-18)13-16-7-3-1-4-8-16/h1-10,18H,11-15H2/t18-/m0/s1. The lowest BCUT2D eigenvalue weighted by Crippen LogP contribution is -2.25. The smallest absolute Gasteiger partial charge is 0.271 e. The summed E-state index contributed by atoms with van der Waals surface area (Å²) >= 11 is 0. The van der Waals surface area contributed by atoms with Crippen LogP contribution in [0.15, 0.2) is 60.7 Å². The van der Waals surface area contributed by atoms with Crippen molar-refractivity contribution in [3.05, 3.63) is 71.8 Å². The second kappa shape index (κ2) is 7.25. The SMILES string of the molecule is O=S(=O)(Cc1ccccc1)O[C@H]1CCN(Cc2ccccc2)C1. The van der Waals surface area contributed by atoms with Crippen molar-refractivity contribution in [2.75, 3.05) is 13.1 Å². The predicted octanol–water partition coefficient (Wildman–Crippen LogP) is 2.81. The fraction of sp³-hybridized carbons (Fsp3) is 0.333. The van der Waals surface area contributed by atoms with Gasteiger partial charge in [-0.05, 0) is 17.5 Å². The summed E-state index contributed by atoms with van der Waals surface area (Å²) < 4.78 is 29.8. The van der Waals surface area contributed by atoms with Crippen LogP contribution in [-0.4, -0.2) is 32.5 Å². The van der Waals surface area contributed by atoms with Crippen molar-refractivity contribution in [3.8, 4) is 0 Å². The highest BCUT2D eigenvalue weighted by Crippen LogP contribution is 2.19. The number of benzene rings is 2. The minimum absolute atomic E-state index is 0.0664. The second-order valence-electron chi connectivity index (χ2n) is 5.92. The van der Waals surface area contributed by atoms with Crippen LogP contribution in [0.3, 0.4) is 0 Å². The van der Waals surface area contributed by atoms with Crippen LogP contribution in [0, 0.1) is 0 Å². The molecule has 0 bridgehead atoms. The highest BCUT2D eigenvalue weighted by molar-refractivity contribution is 7.85. The van der Waals surface area contributed by atoms with Crippen molar-refractivity contribution in [2.45, 2.75) is 24.8 Å². The first-order chi connectivity index (χ1) is 11.1. The molecular weight excluding hydrogens is 310 g/mol. The predicted molar refractivity (Wildman–Crippen MR) is 90.3 cm³/mol. The molecule has 3 rings (SSSR count). The highest BCUT2D eigenvalue weighted by Gasteiger charge is 2.27. The lowest BCUT2D eigenvalue weighted by molar-refractivity contribution is 0.204. The van der Waals surface area contributed by atoms with Crippen molar-refractivity contribution in [2.24, 2.45) is 0 Å². The molecule has 0 radical (unpaired) electrons. The zero-order chi connectivity index (χ0) is 16.1. The number of hydrogen-bond acceptors (Lipinski definition) is 4. The van der Waals surface area contributed by atoms with E-state index in [4.69, 9.17) is 4.18 Å². The Morgan fingerprint density at radius 1 is 0.957 bits per heavy atom. The minimum Gasteiger partial charge on any atom is -0.296 e. The van der Waals surface area contributed by atoms with Gasteiger partial charge in [0.05, 0.1) is 6.10 Å². The molecule has 4 nitrogen and oxygen atoms in total. The molecule has 0 aromatic heterocycles. The quantitative estimate of drug-likeness (QED) is 0.764. The molecule has 0 unspecified atom stereocenters. The van der Waals surface area contributed by atoms with Gasteiger partial charge in [0.15, 0.2) is 0 Å². The van der Waals surface area contributed by atoms with Crippen molar-refractivity contribution >= 4 is 10.1 Å². The Morgan fingerprint density at radius 3 is 2.22 bits per heavy atom. The molecule has 0 N–H and O–H groups in total. The van der Waals surface area contributed by atoms with Gasteiger partial charge in [-0.2, -0.15) is 8.42 Å². The van der Waals surface area contributed by atoms with Gasteiger partial charge in [0.25, 0.3) is 10.1 Å². The molecule has 1 saturated heterocycles. The molecule has 5 heteroatoms. The average Bonchev–Trinajstić information content (AvgIpc) is 2.95. The van der Waals surface area contributed by atoms with Crippen molar-refractivity contribution < 1.29 is 12.6 Å². The summed E-state index contributed by atoms with van der Waals surface area (Å²) in [6.45, 7) is 2.35. The van der Waals surface area contributed by atoms with E-state index in [0.29, 0.717) is 6.54 Å². The number of nitrogens with zero attached hydrogens (tertiary/aromatic N) is 1. The molecule has 1 atom stereocenters. The summed E-state index contributed by atoms with van der Waals surface area (Å²) in [5, 5.41) is 0. The van der Waals surface area contributed by atoms with E-state index in [1.165, 1.54) is 5.56 Å². The van der Waals surface area contributed by atoms with Crippen molar-refractivity contribution in [3.63, 3.8) is 0 Å². The van der Waals surface area contributed by atoms with Gasteiger partial charge in [-0.1, -0.05) is 60.7 Å². The summed E-state index contributed by atoms with van der Waals surface area (Å²) in [7, 11) is -3.54. The van der Waals surface area contributed by atoms with Crippen LogP contribution in [0.2, 0.25) is 0 Å². The maximum absolute atomic E-state index is 12.2. The Hall–Kier alpha value is -1.69. The molecule has 0 saturated carbocycles. The molecular formula is C18H21NO3S. The molecule has 0 spiro atoms. The Kier molecular flexibility index (Phi) is 5.10. The Morgan fingerprint density at radius 2 is 1.57 bits per heavy atom. The van der Waals surface area contributed by atoms with E-state index >= 15 is 0 Å². The van der Waals surface area contributed by atoms with E-state index in [9.17, 15) is 8.42 Å². The third-order valence-electron chi connectivity index (χ3n) is 3.95. The van der Waals surface area contributed by atoms with E-state index in [2.05, 4.69) is 17.0 Å². The van der Waals surface area contributed by atoms with Crippen molar-refractivity contribution in [1.82, 2.24) is 4.90 Å². The van der Waals surface area contributed by atoms with Crippen LogP contribution in [0.1, 0.15) is 17.5 Å². The summed E-state index contributed by atoms with van der Waals surface area (Å²) in [4.78, 5) is 2.23. The van der Waals surface area contributed by atoms with Gasteiger partial charge in [-0.3, -0.25) is 9.08 Å². The molecule has 0 amide bonds. The first-order valence-corrected chi connectivity index (χ1v) is 9.40. The summed E-state index contributed by atoms with van der Waals surface area (Å²) in [5.74, 6) is -0.0664. The minimum atomic E-state index is -3.54. The largest absolute Gasteiger partial charge is 0.296 e. The van der Waals surface area contributed by atoms with E-state index in [0.717, 1.165) is 25.1 Å². The Balaban J connectivity index is 1.53. The van der Waals surface area contributed by atoms with Gasteiger partial charge in [-0.25, -0.2) is 0 Å². The number of hydrogen-bond donors (Lipinski definition) is 0. The molecule has 0 aliphatic carbocycles. The van der Waals surface area contributed by atoms with Gasteiger partial charge in [0.2, 0.25) is 0 Å². The molecule has 1 aliphatic heterocycles. The summed E-state index contributed by atoms with van der Waals surface area (Å²) in [5.41, 5.74) is 1.99. The third kappa shape index (κ3) is 4.89. The fourth-order valence-corrected chi connectivity index (χ4v) is 4.12. The number of likely N-dealkylation sites (tertiary alicyclic amines) is 1. The van der Waals surface area contributed by atoms with E-state index in [1.807, 2.05) is 36.4 Å². The van der Waals surface area contributed by atoms with Crippen LogP contribution in [-0.2, 0) is 26.6 Å². The number of rotatable bonds is 6. The molecule has 1 aliphatic rings. The highest BCUT2D eigenvalue weighted by atomic mass is 32.2. The van der Waals surface area contributed by atoms with Gasteiger partial charge in [0, 0.05) is 19.6 Å². The van der Waals surface area contributed by atoms with Gasteiger partial charge < -0.3 is 0 Å². The fourth-order valence-electron chi connectivity index (χ4n) is 2.88. The second-order valence-corrected chi connectivity index (χ2v) is 7.51. The first-order valence-electron chi connectivity index (χ1n) is 7.82. The van der Waals surface area contributed by atoms with Crippen LogP contribution >= 0.6 is 0 Å². The van der Waals surface area contributed by atoms with Crippen LogP contribution < -0.4 is 0 Å². The summed E-state index contributed by atoms with van der Waals surface area (Å²) in [6, 6.07) is 19.3. The molecule has 1 fully saturated rings. The first kappa shape index (κ1) is 16.2. The van der Waals surface area contributed by atoms with E-state index < -0.39 is 10.1 Å². The zero-order valence-electron chi connectivity index (χ0n) is 13.0. The lowest BCUT2D eigenvalue weighted by Gasteiger charge is -2.16. The molecule has 23 heavy (non-hydrogen) atoms. The van der Waals surface area contributed by atoms with Gasteiger partial charge in [0.1, 0.15) is 5.75 Å². The molecule has 122 valence electrons. The monoisotopic (exact) mass is 331 g/mol. The zero-order valence-corrected chi connectivity index (χ0v) is 13.8. The summed E-state index contributed by atoms with van der Waals surface area (Å²) in [6.07, 6.45) is 0.508. The Labute approximate surface area is 137 Å². The topological polar surface area (TPSA) is 46.6 Å². The maximum Gasteiger partial charge on any atom is 0.271 e. The van der Waals surface area contributed by atoms with E-state index in [1.54, 1.807) is 12.1 Å². The molecule has 1 heterocycles. The van der Waals surface area contributed by atoms with Gasteiger partial charge >= 0.3 is 0 Å². The van der Waals surface area contributed by atoms with Gasteiger partial charge in [-0.15, -0.1) is 0 Å². The average molecular weight is 331 g/mol. The normalized spacial score (nSPS) is 19.0. The van der Waals surface area contributed by atoms with Crippen LogP contribution in [0.25, 0.3) is 0 Å². The van der Waals surface area contributed by atoms with Crippen LogP contribution in [0.5, 0.6) is 0 Å². The maximum atomic E-state index is 12.2. The molecule has 2 aromatic carbocycles. The van der Waals surface area contributed by atoms with Crippen molar-refractivity contribution in [1.29, 1.82) is 0 Å². The van der Waals surface area contributed by atoms with E-state index in [-0.39, 0.29) is 11.9 Å². The molecule has 2 aromatic rings.